The molecule has 1 aliphatic rings. The molecule has 4 nitrogen and oxygen atoms in total. The number of aromatic nitrogens is 1. The molecule has 0 aliphatic carbocycles. The normalized spacial score (nSPS) is 20.6. The van der Waals surface area contributed by atoms with Crippen molar-refractivity contribution in [3.63, 3.8) is 0 Å². The summed E-state index contributed by atoms with van der Waals surface area (Å²) in [6, 6.07) is 8.55. The van der Waals surface area contributed by atoms with Gasteiger partial charge in [0, 0.05) is 36.7 Å². The number of hydrogen-bond acceptors (Lipinski definition) is 3. The van der Waals surface area contributed by atoms with Gasteiger partial charge in [-0.1, -0.05) is 6.07 Å². The summed E-state index contributed by atoms with van der Waals surface area (Å²) in [5.41, 5.74) is 1.12. The average Bonchev–Trinajstić information content (AvgIpc) is 2.86. The number of piperazine rings is 1. The fourth-order valence-corrected chi connectivity index (χ4v) is 2.20. The predicted molar refractivity (Wildman–Crippen MR) is 68.5 cm³/mol. The number of hydrogen-bond donors (Lipinski definition) is 3. The standard InChI is InChI=1S/C13H17N3O/c1-2-12-11(4-5-16-12)13(3-1)17-9-10-8-14-6-7-15-10/h1-5,10,14-16H,6-9H2. The molecule has 1 aromatic heterocycles. The minimum absolute atomic E-state index is 0.401. The second kappa shape index (κ2) is 4.77. The Bertz CT molecular complexity index is 488. The number of aromatic amines is 1. The number of nitrogens with one attached hydrogen (secondary N) is 3. The fraction of sp³-hybridized carbons (Fsp3) is 0.385. The molecule has 3 N–H and O–H groups in total. The van der Waals surface area contributed by atoms with Crippen LogP contribution in [0.15, 0.2) is 30.5 Å². The van der Waals surface area contributed by atoms with E-state index in [9.17, 15) is 0 Å². The lowest BCUT2D eigenvalue weighted by molar-refractivity contribution is 0.249. The van der Waals surface area contributed by atoms with Gasteiger partial charge in [-0.2, -0.15) is 0 Å². The summed E-state index contributed by atoms with van der Waals surface area (Å²) in [6.45, 7) is 3.74. The maximum atomic E-state index is 5.89. The van der Waals surface area contributed by atoms with Crippen molar-refractivity contribution in [1.82, 2.24) is 15.6 Å². The zero-order chi connectivity index (χ0) is 11.5. The smallest absolute Gasteiger partial charge is 0.128 e. The van der Waals surface area contributed by atoms with Crippen molar-refractivity contribution in [2.45, 2.75) is 6.04 Å². The van der Waals surface area contributed by atoms with Gasteiger partial charge in [0.05, 0.1) is 6.04 Å². The third kappa shape index (κ3) is 2.28. The molecule has 1 aromatic carbocycles. The lowest BCUT2D eigenvalue weighted by Crippen LogP contribution is -2.50. The average molecular weight is 231 g/mol. The van der Waals surface area contributed by atoms with Crippen LogP contribution in [0.1, 0.15) is 0 Å². The van der Waals surface area contributed by atoms with Gasteiger partial charge in [-0.25, -0.2) is 0 Å². The number of rotatable bonds is 3. The summed E-state index contributed by atoms with van der Waals surface area (Å²) in [6.07, 6.45) is 1.94. The van der Waals surface area contributed by atoms with Crippen LogP contribution in [0.25, 0.3) is 10.9 Å². The van der Waals surface area contributed by atoms with E-state index >= 15 is 0 Å². The molecule has 2 aromatic rings. The van der Waals surface area contributed by atoms with E-state index in [0.717, 1.165) is 36.3 Å². The highest BCUT2D eigenvalue weighted by Gasteiger charge is 2.13. The molecule has 1 fully saturated rings. The Balaban J connectivity index is 1.69. The molecule has 0 spiro atoms. The van der Waals surface area contributed by atoms with Gasteiger partial charge in [0.2, 0.25) is 0 Å². The minimum atomic E-state index is 0.401. The first-order valence-electron chi connectivity index (χ1n) is 6.06. The highest BCUT2D eigenvalue weighted by Crippen LogP contribution is 2.24. The van der Waals surface area contributed by atoms with Crippen LogP contribution >= 0.6 is 0 Å². The molecule has 17 heavy (non-hydrogen) atoms. The van der Waals surface area contributed by atoms with Gasteiger partial charge in [0.15, 0.2) is 0 Å². The summed E-state index contributed by atoms with van der Waals surface area (Å²) in [5, 5.41) is 7.94. The van der Waals surface area contributed by atoms with Crippen LogP contribution in [0, 0.1) is 0 Å². The lowest BCUT2D eigenvalue weighted by atomic mass is 10.2. The van der Waals surface area contributed by atoms with Crippen LogP contribution in [-0.4, -0.2) is 37.3 Å². The first kappa shape index (κ1) is 10.6. The molecule has 0 amide bonds. The van der Waals surface area contributed by atoms with Gasteiger partial charge >= 0.3 is 0 Å². The number of benzene rings is 1. The third-order valence-electron chi connectivity index (χ3n) is 3.12. The minimum Gasteiger partial charge on any atom is -0.491 e. The van der Waals surface area contributed by atoms with E-state index in [4.69, 9.17) is 4.74 Å². The van der Waals surface area contributed by atoms with Crippen molar-refractivity contribution in [1.29, 1.82) is 0 Å². The van der Waals surface area contributed by atoms with E-state index < -0.39 is 0 Å². The van der Waals surface area contributed by atoms with Crippen molar-refractivity contribution in [2.75, 3.05) is 26.2 Å². The number of H-pyrrole nitrogens is 1. The highest BCUT2D eigenvalue weighted by molar-refractivity contribution is 5.85. The van der Waals surface area contributed by atoms with Gasteiger partial charge in [0.1, 0.15) is 12.4 Å². The number of ether oxygens (including phenoxy) is 1. The Morgan fingerprint density at radius 1 is 1.24 bits per heavy atom. The summed E-state index contributed by atoms with van der Waals surface area (Å²) in [5.74, 6) is 0.955. The van der Waals surface area contributed by atoms with E-state index in [2.05, 4.69) is 27.8 Å². The second-order valence-corrected chi connectivity index (χ2v) is 4.36. The Morgan fingerprint density at radius 3 is 3.12 bits per heavy atom. The van der Waals surface area contributed by atoms with Crippen molar-refractivity contribution in [2.24, 2.45) is 0 Å². The first-order valence-corrected chi connectivity index (χ1v) is 6.06. The molecule has 1 atom stereocenters. The van der Waals surface area contributed by atoms with Crippen LogP contribution in [0.3, 0.4) is 0 Å². The number of fused-ring (bicyclic) bond motifs is 1. The monoisotopic (exact) mass is 231 g/mol. The van der Waals surface area contributed by atoms with Crippen molar-refractivity contribution >= 4 is 10.9 Å². The molecule has 0 saturated carbocycles. The highest BCUT2D eigenvalue weighted by atomic mass is 16.5. The van der Waals surface area contributed by atoms with E-state index in [1.165, 1.54) is 0 Å². The Labute approximate surface area is 100 Å². The van der Waals surface area contributed by atoms with Crippen LogP contribution in [0.2, 0.25) is 0 Å². The van der Waals surface area contributed by atoms with Gasteiger partial charge in [-0.15, -0.1) is 0 Å². The van der Waals surface area contributed by atoms with E-state index in [1.54, 1.807) is 0 Å². The Morgan fingerprint density at radius 2 is 2.24 bits per heavy atom. The first-order chi connectivity index (χ1) is 8.43. The molecule has 4 heteroatoms. The fourth-order valence-electron chi connectivity index (χ4n) is 2.20. The zero-order valence-corrected chi connectivity index (χ0v) is 9.70. The molecule has 1 aliphatic heterocycles. The molecule has 1 saturated heterocycles. The van der Waals surface area contributed by atoms with Gasteiger partial charge < -0.3 is 20.4 Å². The van der Waals surface area contributed by atoms with E-state index in [-0.39, 0.29) is 0 Å². The Kier molecular flexibility index (Phi) is 2.98. The maximum Gasteiger partial charge on any atom is 0.128 e. The SMILES string of the molecule is c1cc(OCC2CNCCN2)c2cc[nH]c2c1. The molecule has 2 heterocycles. The summed E-state index contributed by atoms with van der Waals surface area (Å²) in [7, 11) is 0. The van der Waals surface area contributed by atoms with E-state index in [1.807, 2.05) is 18.3 Å². The maximum absolute atomic E-state index is 5.89. The van der Waals surface area contributed by atoms with E-state index in [0.29, 0.717) is 12.6 Å². The second-order valence-electron chi connectivity index (χ2n) is 4.36. The van der Waals surface area contributed by atoms with Crippen molar-refractivity contribution in [3.8, 4) is 5.75 Å². The van der Waals surface area contributed by atoms with Crippen molar-refractivity contribution in [3.05, 3.63) is 30.5 Å². The van der Waals surface area contributed by atoms with Crippen LogP contribution in [0.5, 0.6) is 5.75 Å². The van der Waals surface area contributed by atoms with Crippen molar-refractivity contribution < 1.29 is 4.74 Å². The molecule has 90 valence electrons. The Hall–Kier alpha value is -1.52. The van der Waals surface area contributed by atoms with Crippen LogP contribution in [-0.2, 0) is 0 Å². The topological polar surface area (TPSA) is 49.1 Å². The molecular formula is C13H17N3O. The molecule has 0 bridgehead atoms. The quantitative estimate of drug-likeness (QED) is 0.741. The third-order valence-corrected chi connectivity index (χ3v) is 3.12. The van der Waals surface area contributed by atoms with Crippen LogP contribution < -0.4 is 15.4 Å². The molecule has 3 rings (SSSR count). The molecular weight excluding hydrogens is 214 g/mol. The zero-order valence-electron chi connectivity index (χ0n) is 9.70. The van der Waals surface area contributed by atoms with Gasteiger partial charge in [-0.3, -0.25) is 0 Å². The summed E-state index contributed by atoms with van der Waals surface area (Å²) in [4.78, 5) is 3.19. The summed E-state index contributed by atoms with van der Waals surface area (Å²) < 4.78 is 5.89. The van der Waals surface area contributed by atoms with Crippen LogP contribution in [0.4, 0.5) is 0 Å². The molecule has 1 unspecified atom stereocenters. The molecule has 0 radical (unpaired) electrons. The largest absolute Gasteiger partial charge is 0.491 e. The summed E-state index contributed by atoms with van der Waals surface area (Å²) >= 11 is 0. The van der Waals surface area contributed by atoms with Gasteiger partial charge in [0.25, 0.3) is 0 Å². The predicted octanol–water partition coefficient (Wildman–Crippen LogP) is 1.11. The van der Waals surface area contributed by atoms with Gasteiger partial charge in [-0.05, 0) is 18.2 Å². The lowest BCUT2D eigenvalue weighted by Gasteiger charge is -2.24.